The van der Waals surface area contributed by atoms with E-state index in [4.69, 9.17) is 5.26 Å². The van der Waals surface area contributed by atoms with Crippen molar-refractivity contribution >= 4 is 5.78 Å². The van der Waals surface area contributed by atoms with Crippen molar-refractivity contribution in [2.75, 3.05) is 14.1 Å². The SMILES string of the molecule is CN(C)/C=C(\C#N)C(=O)c1ccccc1F. The summed E-state index contributed by atoms with van der Waals surface area (Å²) in [6, 6.07) is 7.36. The van der Waals surface area contributed by atoms with E-state index in [1.165, 1.54) is 24.4 Å². The summed E-state index contributed by atoms with van der Waals surface area (Å²) in [6.07, 6.45) is 1.37. The Morgan fingerprint density at radius 3 is 2.56 bits per heavy atom. The fourth-order valence-corrected chi connectivity index (χ4v) is 1.19. The highest BCUT2D eigenvalue weighted by Crippen LogP contribution is 2.12. The smallest absolute Gasteiger partial charge is 0.207 e. The summed E-state index contributed by atoms with van der Waals surface area (Å²) in [5, 5.41) is 8.81. The first-order valence-corrected chi connectivity index (χ1v) is 4.64. The molecule has 0 heterocycles. The van der Waals surface area contributed by atoms with Crippen LogP contribution in [0.2, 0.25) is 0 Å². The predicted octanol–water partition coefficient (Wildman–Crippen LogP) is 1.98. The predicted molar refractivity (Wildman–Crippen MR) is 58.1 cm³/mol. The molecule has 0 N–H and O–H groups in total. The quantitative estimate of drug-likeness (QED) is 0.442. The van der Waals surface area contributed by atoms with Gasteiger partial charge in [-0.2, -0.15) is 5.26 Å². The van der Waals surface area contributed by atoms with E-state index >= 15 is 0 Å². The molecule has 82 valence electrons. The zero-order valence-electron chi connectivity index (χ0n) is 9.07. The van der Waals surface area contributed by atoms with Crippen LogP contribution in [-0.2, 0) is 0 Å². The number of hydrogen-bond acceptors (Lipinski definition) is 3. The van der Waals surface area contributed by atoms with E-state index in [0.29, 0.717) is 0 Å². The third-order valence-corrected chi connectivity index (χ3v) is 1.87. The lowest BCUT2D eigenvalue weighted by Crippen LogP contribution is -2.10. The third-order valence-electron chi connectivity index (χ3n) is 1.87. The molecule has 0 bridgehead atoms. The number of ketones is 1. The van der Waals surface area contributed by atoms with Crippen molar-refractivity contribution in [3.63, 3.8) is 0 Å². The van der Waals surface area contributed by atoms with Crippen LogP contribution in [0.4, 0.5) is 4.39 Å². The van der Waals surface area contributed by atoms with Gasteiger partial charge in [0.05, 0.1) is 5.56 Å². The number of Topliss-reactive ketones (excluding diaryl/α,β-unsaturated/α-hetero) is 1. The first-order chi connectivity index (χ1) is 7.56. The van der Waals surface area contributed by atoms with Crippen LogP contribution in [0.1, 0.15) is 10.4 Å². The second kappa shape index (κ2) is 5.08. The van der Waals surface area contributed by atoms with Crippen molar-refractivity contribution in [1.82, 2.24) is 4.90 Å². The van der Waals surface area contributed by atoms with Crippen LogP contribution < -0.4 is 0 Å². The molecule has 0 aliphatic carbocycles. The fraction of sp³-hybridized carbons (Fsp3) is 0.167. The molecule has 0 fully saturated rings. The molecule has 0 spiro atoms. The van der Waals surface area contributed by atoms with Crippen molar-refractivity contribution in [2.45, 2.75) is 0 Å². The van der Waals surface area contributed by atoms with Gasteiger partial charge < -0.3 is 4.90 Å². The second-order valence-electron chi connectivity index (χ2n) is 3.43. The number of halogens is 1. The van der Waals surface area contributed by atoms with Crippen LogP contribution in [0.15, 0.2) is 36.0 Å². The lowest BCUT2D eigenvalue weighted by Gasteiger charge is -2.06. The van der Waals surface area contributed by atoms with Gasteiger partial charge in [-0.15, -0.1) is 0 Å². The highest BCUT2D eigenvalue weighted by molar-refractivity contribution is 6.11. The van der Waals surface area contributed by atoms with Gasteiger partial charge in [0.2, 0.25) is 5.78 Å². The van der Waals surface area contributed by atoms with Gasteiger partial charge in [-0.1, -0.05) is 12.1 Å². The van der Waals surface area contributed by atoms with Gasteiger partial charge in [0.25, 0.3) is 0 Å². The molecular weight excluding hydrogens is 207 g/mol. The molecule has 0 aliphatic heterocycles. The van der Waals surface area contributed by atoms with E-state index < -0.39 is 11.6 Å². The normalized spacial score (nSPS) is 10.8. The summed E-state index contributed by atoms with van der Waals surface area (Å²) in [6.45, 7) is 0. The van der Waals surface area contributed by atoms with Gasteiger partial charge in [-0.3, -0.25) is 4.79 Å². The summed E-state index contributed by atoms with van der Waals surface area (Å²) < 4.78 is 13.3. The highest BCUT2D eigenvalue weighted by atomic mass is 19.1. The monoisotopic (exact) mass is 218 g/mol. The van der Waals surface area contributed by atoms with Gasteiger partial charge in [-0.25, -0.2) is 4.39 Å². The first-order valence-electron chi connectivity index (χ1n) is 4.64. The van der Waals surface area contributed by atoms with E-state index in [9.17, 15) is 9.18 Å². The van der Waals surface area contributed by atoms with Crippen molar-refractivity contribution in [1.29, 1.82) is 5.26 Å². The molecule has 1 rings (SSSR count). The summed E-state index contributed by atoms with van der Waals surface area (Å²) in [5.74, 6) is -1.22. The lowest BCUT2D eigenvalue weighted by atomic mass is 10.0. The average molecular weight is 218 g/mol. The average Bonchev–Trinajstić information content (AvgIpc) is 2.25. The van der Waals surface area contributed by atoms with Crippen LogP contribution in [0.5, 0.6) is 0 Å². The Morgan fingerprint density at radius 1 is 1.44 bits per heavy atom. The molecule has 0 saturated heterocycles. The molecule has 0 radical (unpaired) electrons. The molecule has 0 aliphatic rings. The number of nitriles is 1. The Morgan fingerprint density at radius 2 is 2.06 bits per heavy atom. The molecule has 0 atom stereocenters. The largest absolute Gasteiger partial charge is 0.382 e. The molecule has 16 heavy (non-hydrogen) atoms. The topological polar surface area (TPSA) is 44.1 Å². The van der Waals surface area contributed by atoms with Crippen molar-refractivity contribution in [3.05, 3.63) is 47.4 Å². The molecule has 0 saturated carbocycles. The third kappa shape index (κ3) is 2.67. The molecule has 1 aromatic carbocycles. The van der Waals surface area contributed by atoms with Gasteiger partial charge in [0, 0.05) is 20.3 Å². The number of carbonyl (C=O) groups excluding carboxylic acids is 1. The fourth-order valence-electron chi connectivity index (χ4n) is 1.19. The van der Waals surface area contributed by atoms with Crippen LogP contribution in [-0.4, -0.2) is 24.8 Å². The Bertz CT molecular complexity index is 472. The summed E-state index contributed by atoms with van der Waals surface area (Å²) in [7, 11) is 3.37. The number of allylic oxidation sites excluding steroid dienone is 1. The minimum Gasteiger partial charge on any atom is -0.382 e. The van der Waals surface area contributed by atoms with Gasteiger partial charge in [-0.05, 0) is 12.1 Å². The minimum absolute atomic E-state index is 0.0860. The highest BCUT2D eigenvalue weighted by Gasteiger charge is 2.15. The van der Waals surface area contributed by atoms with Crippen LogP contribution in [0, 0.1) is 17.1 Å². The Kier molecular flexibility index (Phi) is 3.78. The number of carbonyl (C=O) groups is 1. The van der Waals surface area contributed by atoms with Gasteiger partial charge in [0.1, 0.15) is 17.5 Å². The maximum absolute atomic E-state index is 13.3. The van der Waals surface area contributed by atoms with Crippen LogP contribution in [0.3, 0.4) is 0 Å². The first kappa shape index (κ1) is 11.9. The summed E-state index contributed by atoms with van der Waals surface area (Å²) in [4.78, 5) is 13.3. The zero-order chi connectivity index (χ0) is 12.1. The second-order valence-corrected chi connectivity index (χ2v) is 3.43. The number of hydrogen-bond donors (Lipinski definition) is 0. The lowest BCUT2D eigenvalue weighted by molar-refractivity contribution is 0.103. The molecule has 0 aromatic heterocycles. The molecule has 0 unspecified atom stereocenters. The molecule has 3 nitrogen and oxygen atoms in total. The maximum Gasteiger partial charge on any atom is 0.207 e. The summed E-state index contributed by atoms with van der Waals surface area (Å²) in [5.41, 5.74) is -0.174. The van der Waals surface area contributed by atoms with Crippen LogP contribution in [0.25, 0.3) is 0 Å². The number of rotatable bonds is 3. The minimum atomic E-state index is -0.618. The van der Waals surface area contributed by atoms with Gasteiger partial charge >= 0.3 is 0 Å². The van der Waals surface area contributed by atoms with E-state index in [2.05, 4.69) is 0 Å². The Hall–Kier alpha value is -2.15. The van der Waals surface area contributed by atoms with Gasteiger partial charge in [0.15, 0.2) is 0 Å². The zero-order valence-corrected chi connectivity index (χ0v) is 9.07. The molecular formula is C12H11FN2O. The number of benzene rings is 1. The standard InChI is InChI=1S/C12H11FN2O/c1-15(2)8-9(7-14)12(16)10-5-3-4-6-11(10)13/h3-6,8H,1-2H3/b9-8+. The molecule has 4 heteroatoms. The van der Waals surface area contributed by atoms with Crippen molar-refractivity contribution in [3.8, 4) is 6.07 Å². The van der Waals surface area contributed by atoms with Crippen molar-refractivity contribution < 1.29 is 9.18 Å². The molecule has 1 aromatic rings. The van der Waals surface area contributed by atoms with E-state index in [0.717, 1.165) is 0 Å². The van der Waals surface area contributed by atoms with E-state index in [1.807, 2.05) is 0 Å². The molecule has 0 amide bonds. The van der Waals surface area contributed by atoms with Crippen LogP contribution >= 0.6 is 0 Å². The van der Waals surface area contributed by atoms with Crippen molar-refractivity contribution in [2.24, 2.45) is 0 Å². The Balaban J connectivity index is 3.12. The summed E-state index contributed by atoms with van der Waals surface area (Å²) >= 11 is 0. The van der Waals surface area contributed by atoms with E-state index in [-0.39, 0.29) is 11.1 Å². The van der Waals surface area contributed by atoms with E-state index in [1.54, 1.807) is 31.1 Å². The maximum atomic E-state index is 13.3. The number of nitrogens with zero attached hydrogens (tertiary/aromatic N) is 2. The Labute approximate surface area is 93.4 Å².